The fourth-order valence-electron chi connectivity index (χ4n) is 3.16. The maximum absolute atomic E-state index is 12.7. The molecule has 0 aliphatic rings. The van der Waals surface area contributed by atoms with Crippen LogP contribution in [0, 0.1) is 0 Å². The first-order valence-corrected chi connectivity index (χ1v) is 11.4. The molecule has 2 rings (SSSR count). The van der Waals surface area contributed by atoms with Gasteiger partial charge in [0.05, 0.1) is 13.2 Å². The van der Waals surface area contributed by atoms with E-state index >= 15 is 0 Å². The molecule has 0 aromatic heterocycles. The standard InChI is InChI=1S/C27H36O3/c1-4-7-9-18-29-25-13-11-12-23(21-25)26(28)16-15-24-20-22(6-3)14-17-27(24)30-19-10-8-5-2/h11-17,20-21H,4-10,18-19H2,1-3H3/b16-15+. The minimum atomic E-state index is -0.0344. The number of carbonyl (C=O) groups excluding carboxylic acids is 1. The quantitative estimate of drug-likeness (QED) is 0.187. The Morgan fingerprint density at radius 2 is 1.60 bits per heavy atom. The van der Waals surface area contributed by atoms with E-state index in [0.717, 1.165) is 55.6 Å². The van der Waals surface area contributed by atoms with Gasteiger partial charge in [0.1, 0.15) is 11.5 Å². The summed E-state index contributed by atoms with van der Waals surface area (Å²) in [6.45, 7) is 7.86. The molecule has 3 heteroatoms. The van der Waals surface area contributed by atoms with Crippen molar-refractivity contribution < 1.29 is 14.3 Å². The number of hydrogen-bond acceptors (Lipinski definition) is 3. The maximum atomic E-state index is 12.7. The molecule has 0 fully saturated rings. The molecule has 0 saturated carbocycles. The van der Waals surface area contributed by atoms with Crippen molar-refractivity contribution in [2.75, 3.05) is 13.2 Å². The van der Waals surface area contributed by atoms with Gasteiger partial charge in [-0.1, -0.05) is 64.7 Å². The fourth-order valence-corrected chi connectivity index (χ4v) is 3.16. The molecule has 0 amide bonds. The number of allylic oxidation sites excluding steroid dienone is 1. The highest BCUT2D eigenvalue weighted by atomic mass is 16.5. The van der Waals surface area contributed by atoms with Crippen molar-refractivity contribution in [3.05, 3.63) is 65.2 Å². The summed E-state index contributed by atoms with van der Waals surface area (Å²) >= 11 is 0. The first kappa shape index (κ1) is 23.7. The molecule has 162 valence electrons. The molecule has 0 N–H and O–H groups in total. The second-order valence-corrected chi connectivity index (χ2v) is 7.56. The number of hydrogen-bond donors (Lipinski definition) is 0. The Bertz CT molecular complexity index is 808. The van der Waals surface area contributed by atoms with Gasteiger partial charge in [0.2, 0.25) is 0 Å². The van der Waals surface area contributed by atoms with Gasteiger partial charge >= 0.3 is 0 Å². The molecule has 0 atom stereocenters. The largest absolute Gasteiger partial charge is 0.494 e. The second-order valence-electron chi connectivity index (χ2n) is 7.56. The summed E-state index contributed by atoms with van der Waals surface area (Å²) in [6.07, 6.45) is 11.2. The molecule has 0 bridgehead atoms. The van der Waals surface area contributed by atoms with E-state index in [9.17, 15) is 4.79 Å². The average Bonchev–Trinajstić information content (AvgIpc) is 2.78. The zero-order valence-electron chi connectivity index (χ0n) is 18.8. The van der Waals surface area contributed by atoms with E-state index in [0.29, 0.717) is 18.8 Å². The van der Waals surface area contributed by atoms with Gasteiger partial charge in [-0.25, -0.2) is 0 Å². The summed E-state index contributed by atoms with van der Waals surface area (Å²) in [7, 11) is 0. The number of benzene rings is 2. The van der Waals surface area contributed by atoms with Crippen molar-refractivity contribution in [2.45, 2.75) is 65.7 Å². The number of ketones is 1. The van der Waals surface area contributed by atoms with Crippen LogP contribution in [0.15, 0.2) is 48.5 Å². The minimum absolute atomic E-state index is 0.0344. The van der Waals surface area contributed by atoms with Crippen LogP contribution in [0.25, 0.3) is 6.08 Å². The molecular formula is C27H36O3. The number of ether oxygens (including phenoxy) is 2. The molecule has 0 spiro atoms. The van der Waals surface area contributed by atoms with Gasteiger partial charge in [0.15, 0.2) is 5.78 Å². The molecule has 30 heavy (non-hydrogen) atoms. The summed E-state index contributed by atoms with van der Waals surface area (Å²) in [4.78, 5) is 12.7. The summed E-state index contributed by atoms with van der Waals surface area (Å²) in [5.41, 5.74) is 2.81. The Labute approximate surface area is 182 Å². The van der Waals surface area contributed by atoms with Crippen LogP contribution in [-0.2, 0) is 6.42 Å². The number of unbranched alkanes of at least 4 members (excludes halogenated alkanes) is 4. The molecule has 2 aromatic carbocycles. The SMILES string of the molecule is CCCCCOc1cccc(C(=O)/C=C/c2cc(CC)ccc2OCCCCC)c1. The Kier molecular flexibility index (Phi) is 10.8. The molecule has 0 unspecified atom stereocenters. The van der Waals surface area contributed by atoms with Crippen molar-refractivity contribution in [3.63, 3.8) is 0 Å². The normalized spacial score (nSPS) is 11.0. The van der Waals surface area contributed by atoms with Crippen molar-refractivity contribution in [1.82, 2.24) is 0 Å². The molecule has 0 radical (unpaired) electrons. The van der Waals surface area contributed by atoms with E-state index in [1.54, 1.807) is 6.08 Å². The Morgan fingerprint density at radius 3 is 2.30 bits per heavy atom. The van der Waals surface area contributed by atoms with Crippen molar-refractivity contribution in [1.29, 1.82) is 0 Å². The highest BCUT2D eigenvalue weighted by Crippen LogP contribution is 2.23. The highest BCUT2D eigenvalue weighted by Gasteiger charge is 2.07. The lowest BCUT2D eigenvalue weighted by Crippen LogP contribution is -2.00. The molecule has 3 nitrogen and oxygen atoms in total. The van der Waals surface area contributed by atoms with Gasteiger partial charge in [-0.05, 0) is 61.2 Å². The van der Waals surface area contributed by atoms with Gasteiger partial charge in [-0.15, -0.1) is 0 Å². The number of rotatable bonds is 14. The van der Waals surface area contributed by atoms with Gasteiger partial charge in [0, 0.05) is 11.1 Å². The van der Waals surface area contributed by atoms with Crippen LogP contribution in [0.4, 0.5) is 0 Å². The van der Waals surface area contributed by atoms with E-state index < -0.39 is 0 Å². The fraction of sp³-hybridized carbons (Fsp3) is 0.444. The summed E-state index contributed by atoms with van der Waals surface area (Å²) in [5, 5.41) is 0. The van der Waals surface area contributed by atoms with Crippen LogP contribution in [0.5, 0.6) is 11.5 Å². The summed E-state index contributed by atoms with van der Waals surface area (Å²) in [6, 6.07) is 13.6. The van der Waals surface area contributed by atoms with E-state index in [4.69, 9.17) is 9.47 Å². The second kappa shape index (κ2) is 13.6. The van der Waals surface area contributed by atoms with Crippen molar-refractivity contribution in [3.8, 4) is 11.5 Å². The van der Waals surface area contributed by atoms with Gasteiger partial charge in [0.25, 0.3) is 0 Å². The van der Waals surface area contributed by atoms with E-state index in [1.807, 2.05) is 36.4 Å². The van der Waals surface area contributed by atoms with Crippen LogP contribution in [-0.4, -0.2) is 19.0 Å². The van der Waals surface area contributed by atoms with E-state index in [1.165, 1.54) is 12.0 Å². The molecule has 0 aliphatic carbocycles. The van der Waals surface area contributed by atoms with E-state index in [-0.39, 0.29) is 5.78 Å². The number of aryl methyl sites for hydroxylation is 1. The zero-order chi connectivity index (χ0) is 21.6. The summed E-state index contributed by atoms with van der Waals surface area (Å²) < 4.78 is 11.8. The van der Waals surface area contributed by atoms with Crippen molar-refractivity contribution >= 4 is 11.9 Å². The van der Waals surface area contributed by atoms with Crippen molar-refractivity contribution in [2.24, 2.45) is 0 Å². The van der Waals surface area contributed by atoms with Crippen LogP contribution in [0.3, 0.4) is 0 Å². The third-order valence-electron chi connectivity index (χ3n) is 5.04. The predicted octanol–water partition coefficient (Wildman–Crippen LogP) is 7.28. The van der Waals surface area contributed by atoms with Crippen LogP contribution in [0.1, 0.15) is 80.8 Å². The summed E-state index contributed by atoms with van der Waals surface area (Å²) in [5.74, 6) is 1.55. The molecule has 0 heterocycles. The monoisotopic (exact) mass is 408 g/mol. The van der Waals surface area contributed by atoms with Gasteiger partial charge in [-0.2, -0.15) is 0 Å². The molecule has 0 aliphatic heterocycles. The first-order valence-electron chi connectivity index (χ1n) is 11.4. The first-order chi connectivity index (χ1) is 14.7. The highest BCUT2D eigenvalue weighted by molar-refractivity contribution is 6.07. The smallest absolute Gasteiger partial charge is 0.185 e. The molecular weight excluding hydrogens is 372 g/mol. The van der Waals surface area contributed by atoms with E-state index in [2.05, 4.69) is 32.9 Å². The average molecular weight is 409 g/mol. The molecule has 2 aromatic rings. The molecule has 0 saturated heterocycles. The Morgan fingerprint density at radius 1 is 0.867 bits per heavy atom. The number of carbonyl (C=O) groups is 1. The van der Waals surface area contributed by atoms with Gasteiger partial charge < -0.3 is 9.47 Å². The maximum Gasteiger partial charge on any atom is 0.185 e. The lowest BCUT2D eigenvalue weighted by molar-refractivity contribution is 0.104. The third-order valence-corrected chi connectivity index (χ3v) is 5.04. The lowest BCUT2D eigenvalue weighted by atomic mass is 10.1. The lowest BCUT2D eigenvalue weighted by Gasteiger charge is -2.11. The predicted molar refractivity (Wildman–Crippen MR) is 126 cm³/mol. The van der Waals surface area contributed by atoms with Gasteiger partial charge in [-0.3, -0.25) is 4.79 Å². The van der Waals surface area contributed by atoms with Crippen LogP contribution >= 0.6 is 0 Å². The zero-order valence-corrected chi connectivity index (χ0v) is 18.8. The third kappa shape index (κ3) is 8.06. The topological polar surface area (TPSA) is 35.5 Å². The Hall–Kier alpha value is -2.55. The van der Waals surface area contributed by atoms with Crippen LogP contribution in [0.2, 0.25) is 0 Å². The minimum Gasteiger partial charge on any atom is -0.494 e. The Balaban J connectivity index is 2.07. The van der Waals surface area contributed by atoms with Crippen LogP contribution < -0.4 is 9.47 Å².